The van der Waals surface area contributed by atoms with Gasteiger partial charge in [0.1, 0.15) is 0 Å². The minimum Gasteiger partial charge on any atom is -0.380 e. The third kappa shape index (κ3) is 4.40. The first-order valence-corrected chi connectivity index (χ1v) is 5.71. The quantitative estimate of drug-likeness (QED) is 0.650. The highest BCUT2D eigenvalue weighted by atomic mass is 16.5. The maximum atomic E-state index is 5.30. The van der Waals surface area contributed by atoms with Crippen molar-refractivity contribution in [1.29, 1.82) is 0 Å². The molecular weight excluding hydrogens is 176 g/mol. The Bertz CT molecular complexity index is 140. The Morgan fingerprint density at radius 3 is 2.86 bits per heavy atom. The molecule has 0 aliphatic carbocycles. The van der Waals surface area contributed by atoms with Crippen LogP contribution >= 0.6 is 0 Å². The average Bonchev–Trinajstić information content (AvgIpc) is 2.64. The van der Waals surface area contributed by atoms with Gasteiger partial charge in [0.05, 0.1) is 6.61 Å². The molecular formula is C11H24N2O. The van der Waals surface area contributed by atoms with E-state index in [-0.39, 0.29) is 0 Å². The van der Waals surface area contributed by atoms with Crippen molar-refractivity contribution in [2.75, 3.05) is 33.4 Å². The van der Waals surface area contributed by atoms with Crippen LogP contribution in [-0.4, -0.2) is 50.3 Å². The van der Waals surface area contributed by atoms with Gasteiger partial charge in [-0.15, -0.1) is 0 Å². The third-order valence-corrected chi connectivity index (χ3v) is 2.93. The highest BCUT2D eigenvalue weighted by molar-refractivity contribution is 4.71. The highest BCUT2D eigenvalue weighted by Crippen LogP contribution is 2.03. The van der Waals surface area contributed by atoms with Gasteiger partial charge in [0, 0.05) is 18.7 Å². The van der Waals surface area contributed by atoms with E-state index in [1.54, 1.807) is 0 Å². The van der Waals surface area contributed by atoms with Crippen molar-refractivity contribution in [1.82, 2.24) is 10.2 Å². The second kappa shape index (κ2) is 6.38. The summed E-state index contributed by atoms with van der Waals surface area (Å²) >= 11 is 0. The molecule has 1 fully saturated rings. The molecule has 84 valence electrons. The number of ether oxygens (including phenoxy) is 1. The monoisotopic (exact) mass is 200 g/mol. The Morgan fingerprint density at radius 1 is 1.50 bits per heavy atom. The molecule has 0 radical (unpaired) electrons. The Morgan fingerprint density at radius 2 is 2.29 bits per heavy atom. The third-order valence-electron chi connectivity index (χ3n) is 2.93. The molecule has 3 heteroatoms. The van der Waals surface area contributed by atoms with Gasteiger partial charge in [0.25, 0.3) is 0 Å². The lowest BCUT2D eigenvalue weighted by molar-refractivity contribution is 0.189. The Labute approximate surface area is 87.8 Å². The molecule has 0 bridgehead atoms. The van der Waals surface area contributed by atoms with Gasteiger partial charge in [-0.25, -0.2) is 0 Å². The van der Waals surface area contributed by atoms with Gasteiger partial charge in [-0.1, -0.05) is 0 Å². The summed E-state index contributed by atoms with van der Waals surface area (Å²) in [6.07, 6.45) is 2.41. The molecule has 1 rings (SSSR count). The van der Waals surface area contributed by atoms with Crippen LogP contribution in [-0.2, 0) is 4.74 Å². The Balaban J connectivity index is 1.93. The molecule has 1 aliphatic rings. The molecule has 1 saturated heterocycles. The molecule has 1 heterocycles. The molecule has 0 aromatic heterocycles. The second-order valence-electron chi connectivity index (χ2n) is 4.44. The normalized spacial score (nSPS) is 22.5. The standard InChI is InChI=1S/C11H24N2O/c1-10(2)13(3)7-4-6-12-11-5-8-14-9-11/h10-12H,4-9H2,1-3H3. The van der Waals surface area contributed by atoms with Gasteiger partial charge in [0.2, 0.25) is 0 Å². The number of hydrogen-bond donors (Lipinski definition) is 1. The summed E-state index contributed by atoms with van der Waals surface area (Å²) in [5, 5.41) is 3.52. The zero-order chi connectivity index (χ0) is 10.4. The van der Waals surface area contributed by atoms with Crippen LogP contribution in [0, 0.1) is 0 Å². The van der Waals surface area contributed by atoms with Crippen molar-refractivity contribution in [2.45, 2.75) is 38.8 Å². The van der Waals surface area contributed by atoms with Crippen molar-refractivity contribution in [3.05, 3.63) is 0 Å². The fourth-order valence-electron chi connectivity index (χ4n) is 1.59. The number of hydrogen-bond acceptors (Lipinski definition) is 3. The largest absolute Gasteiger partial charge is 0.380 e. The summed E-state index contributed by atoms with van der Waals surface area (Å²) in [7, 11) is 2.18. The van der Waals surface area contributed by atoms with Gasteiger partial charge in [-0.05, 0) is 46.8 Å². The van der Waals surface area contributed by atoms with Crippen LogP contribution in [0.4, 0.5) is 0 Å². The van der Waals surface area contributed by atoms with Crippen LogP contribution in [0.3, 0.4) is 0 Å². The van der Waals surface area contributed by atoms with Gasteiger partial charge < -0.3 is 15.0 Å². The van der Waals surface area contributed by atoms with Crippen molar-refractivity contribution in [3.63, 3.8) is 0 Å². The molecule has 0 aromatic rings. The molecule has 14 heavy (non-hydrogen) atoms. The molecule has 1 aliphatic heterocycles. The summed E-state index contributed by atoms with van der Waals surface area (Å²) in [5.74, 6) is 0. The van der Waals surface area contributed by atoms with E-state index in [0.717, 1.165) is 19.8 Å². The molecule has 0 amide bonds. The summed E-state index contributed by atoms with van der Waals surface area (Å²) in [6.45, 7) is 8.60. The average molecular weight is 200 g/mol. The number of nitrogens with one attached hydrogen (secondary N) is 1. The van der Waals surface area contributed by atoms with Crippen LogP contribution in [0.15, 0.2) is 0 Å². The minimum atomic E-state index is 0.611. The van der Waals surface area contributed by atoms with Gasteiger partial charge in [-0.2, -0.15) is 0 Å². The molecule has 0 aromatic carbocycles. The maximum absolute atomic E-state index is 5.30. The van der Waals surface area contributed by atoms with E-state index in [1.165, 1.54) is 19.4 Å². The van der Waals surface area contributed by atoms with E-state index in [9.17, 15) is 0 Å². The SMILES string of the molecule is CC(C)N(C)CCCNC1CCOC1. The Hall–Kier alpha value is -0.120. The molecule has 1 N–H and O–H groups in total. The van der Waals surface area contributed by atoms with Gasteiger partial charge in [0.15, 0.2) is 0 Å². The van der Waals surface area contributed by atoms with E-state index >= 15 is 0 Å². The van der Waals surface area contributed by atoms with Crippen molar-refractivity contribution >= 4 is 0 Å². The lowest BCUT2D eigenvalue weighted by atomic mass is 10.2. The van der Waals surface area contributed by atoms with E-state index in [4.69, 9.17) is 4.74 Å². The zero-order valence-electron chi connectivity index (χ0n) is 9.75. The van der Waals surface area contributed by atoms with Crippen LogP contribution < -0.4 is 5.32 Å². The molecule has 1 atom stereocenters. The molecule has 3 nitrogen and oxygen atoms in total. The predicted octanol–water partition coefficient (Wildman–Crippen LogP) is 1.10. The topological polar surface area (TPSA) is 24.5 Å². The van der Waals surface area contributed by atoms with Crippen LogP contribution in [0.2, 0.25) is 0 Å². The number of rotatable bonds is 6. The number of nitrogens with zero attached hydrogens (tertiary/aromatic N) is 1. The fraction of sp³-hybridized carbons (Fsp3) is 1.00. The summed E-state index contributed by atoms with van der Waals surface area (Å²) < 4.78 is 5.30. The summed E-state index contributed by atoms with van der Waals surface area (Å²) in [6, 6.07) is 1.27. The molecule has 0 saturated carbocycles. The van der Waals surface area contributed by atoms with E-state index in [2.05, 4.69) is 31.1 Å². The minimum absolute atomic E-state index is 0.611. The molecule has 0 spiro atoms. The van der Waals surface area contributed by atoms with Crippen molar-refractivity contribution in [2.24, 2.45) is 0 Å². The van der Waals surface area contributed by atoms with Gasteiger partial charge >= 0.3 is 0 Å². The maximum Gasteiger partial charge on any atom is 0.0620 e. The first-order valence-electron chi connectivity index (χ1n) is 5.71. The molecule has 1 unspecified atom stereocenters. The van der Waals surface area contributed by atoms with E-state index < -0.39 is 0 Å². The van der Waals surface area contributed by atoms with Crippen molar-refractivity contribution < 1.29 is 4.74 Å². The smallest absolute Gasteiger partial charge is 0.0620 e. The van der Waals surface area contributed by atoms with Crippen LogP contribution in [0.1, 0.15) is 26.7 Å². The first-order chi connectivity index (χ1) is 6.70. The van der Waals surface area contributed by atoms with E-state index in [1.807, 2.05) is 0 Å². The summed E-state index contributed by atoms with van der Waals surface area (Å²) in [5.41, 5.74) is 0. The van der Waals surface area contributed by atoms with E-state index in [0.29, 0.717) is 12.1 Å². The first kappa shape index (κ1) is 12.0. The lowest BCUT2D eigenvalue weighted by Crippen LogP contribution is -2.33. The summed E-state index contributed by atoms with van der Waals surface area (Å²) in [4.78, 5) is 2.38. The highest BCUT2D eigenvalue weighted by Gasteiger charge is 2.13. The lowest BCUT2D eigenvalue weighted by Gasteiger charge is -2.21. The van der Waals surface area contributed by atoms with Crippen LogP contribution in [0.25, 0.3) is 0 Å². The fourth-order valence-corrected chi connectivity index (χ4v) is 1.59. The Kier molecular flexibility index (Phi) is 5.45. The van der Waals surface area contributed by atoms with Crippen molar-refractivity contribution in [3.8, 4) is 0 Å². The predicted molar refractivity (Wildman–Crippen MR) is 59.6 cm³/mol. The van der Waals surface area contributed by atoms with Crippen LogP contribution in [0.5, 0.6) is 0 Å². The van der Waals surface area contributed by atoms with Gasteiger partial charge in [-0.3, -0.25) is 0 Å². The zero-order valence-corrected chi connectivity index (χ0v) is 9.75. The second-order valence-corrected chi connectivity index (χ2v) is 4.44.